The Morgan fingerprint density at radius 3 is 2.89 bits per heavy atom. The van der Waals surface area contributed by atoms with Crippen LogP contribution in [0, 0.1) is 0 Å². The number of likely N-dealkylation sites (N-methyl/N-ethyl adjacent to an activating group) is 1. The van der Waals surface area contributed by atoms with Gasteiger partial charge in [-0.25, -0.2) is 0 Å². The molecule has 2 aliphatic heterocycles. The predicted octanol–water partition coefficient (Wildman–Crippen LogP) is 0.429. The van der Waals surface area contributed by atoms with Gasteiger partial charge in [-0.1, -0.05) is 12.1 Å². The molecule has 3 rings (SSSR count). The third-order valence-electron chi connectivity index (χ3n) is 3.53. The fourth-order valence-electron chi connectivity index (χ4n) is 2.49. The lowest BCUT2D eigenvalue weighted by Gasteiger charge is -2.25. The van der Waals surface area contributed by atoms with E-state index >= 15 is 0 Å². The van der Waals surface area contributed by atoms with Crippen LogP contribution in [0.5, 0.6) is 0 Å². The highest BCUT2D eigenvalue weighted by Gasteiger charge is 2.33. The van der Waals surface area contributed by atoms with Crippen LogP contribution in [0.3, 0.4) is 0 Å². The molecule has 0 aromatic heterocycles. The number of benzene rings is 1. The molecule has 0 radical (unpaired) electrons. The number of amidine groups is 1. The minimum absolute atomic E-state index is 0.310. The van der Waals surface area contributed by atoms with Crippen LogP contribution in [0.1, 0.15) is 12.0 Å². The van der Waals surface area contributed by atoms with Crippen LogP contribution in [0.15, 0.2) is 33.6 Å². The van der Waals surface area contributed by atoms with Gasteiger partial charge in [-0.3, -0.25) is 0 Å². The molecular formula is C12H15N3O2S. The molecule has 18 heavy (non-hydrogen) atoms. The number of nitrogens with zero attached hydrogens (tertiary/aromatic N) is 2. The summed E-state index contributed by atoms with van der Waals surface area (Å²) in [6.07, 6.45) is 1.01. The Labute approximate surface area is 107 Å². The standard InChI is InChI=1S/C12H15N3O2S/c1-15(9-6-7-13-8-9)12-10-4-2-3-5-11(10)18(16,17)14-12/h2-5,9,13H,6-8H2,1H3. The SMILES string of the molecule is CN(C1=NS(=O)(=O)c2ccccc21)C1CCNC1. The predicted molar refractivity (Wildman–Crippen MR) is 69.2 cm³/mol. The molecule has 1 fully saturated rings. The monoisotopic (exact) mass is 265 g/mol. The highest BCUT2D eigenvalue weighted by Crippen LogP contribution is 2.28. The van der Waals surface area contributed by atoms with E-state index in [2.05, 4.69) is 9.71 Å². The van der Waals surface area contributed by atoms with Crippen molar-refractivity contribution in [3.05, 3.63) is 29.8 Å². The highest BCUT2D eigenvalue weighted by molar-refractivity contribution is 7.90. The quantitative estimate of drug-likeness (QED) is 0.800. The lowest BCUT2D eigenvalue weighted by molar-refractivity contribution is 0.390. The van der Waals surface area contributed by atoms with E-state index < -0.39 is 10.0 Å². The van der Waals surface area contributed by atoms with E-state index in [0.29, 0.717) is 22.3 Å². The fraction of sp³-hybridized carbons (Fsp3) is 0.417. The van der Waals surface area contributed by atoms with Crippen LogP contribution < -0.4 is 5.32 Å². The van der Waals surface area contributed by atoms with Crippen molar-refractivity contribution in [2.45, 2.75) is 17.4 Å². The lowest BCUT2D eigenvalue weighted by atomic mass is 10.1. The molecule has 5 nitrogen and oxygen atoms in total. The number of nitrogens with one attached hydrogen (secondary N) is 1. The van der Waals surface area contributed by atoms with Gasteiger partial charge in [0.2, 0.25) is 0 Å². The van der Waals surface area contributed by atoms with Gasteiger partial charge in [0.1, 0.15) is 4.90 Å². The topological polar surface area (TPSA) is 61.8 Å². The van der Waals surface area contributed by atoms with Crippen molar-refractivity contribution in [2.75, 3.05) is 20.1 Å². The minimum atomic E-state index is -3.50. The van der Waals surface area contributed by atoms with Crippen LogP contribution in [0.25, 0.3) is 0 Å². The molecule has 2 heterocycles. The van der Waals surface area contributed by atoms with Crippen molar-refractivity contribution in [3.63, 3.8) is 0 Å². The van der Waals surface area contributed by atoms with E-state index in [1.165, 1.54) is 0 Å². The van der Waals surface area contributed by atoms with Crippen molar-refractivity contribution < 1.29 is 8.42 Å². The van der Waals surface area contributed by atoms with Gasteiger partial charge in [0.05, 0.1) is 0 Å². The molecule has 0 saturated carbocycles. The Morgan fingerprint density at radius 2 is 2.17 bits per heavy atom. The van der Waals surface area contributed by atoms with Gasteiger partial charge in [0.25, 0.3) is 10.0 Å². The van der Waals surface area contributed by atoms with E-state index in [9.17, 15) is 8.42 Å². The van der Waals surface area contributed by atoms with Crippen LogP contribution in [0.4, 0.5) is 0 Å². The van der Waals surface area contributed by atoms with E-state index in [1.807, 2.05) is 24.1 Å². The molecule has 1 aromatic carbocycles. The van der Waals surface area contributed by atoms with Gasteiger partial charge < -0.3 is 10.2 Å². The summed E-state index contributed by atoms with van der Waals surface area (Å²) in [7, 11) is -1.59. The summed E-state index contributed by atoms with van der Waals surface area (Å²) in [4.78, 5) is 2.29. The van der Waals surface area contributed by atoms with E-state index in [1.54, 1.807) is 12.1 Å². The van der Waals surface area contributed by atoms with Gasteiger partial charge in [-0.15, -0.1) is 4.40 Å². The van der Waals surface area contributed by atoms with Crippen LogP contribution in [-0.4, -0.2) is 45.3 Å². The van der Waals surface area contributed by atoms with Gasteiger partial charge in [-0.2, -0.15) is 8.42 Å². The average Bonchev–Trinajstić information content (AvgIpc) is 2.96. The molecule has 2 aliphatic rings. The van der Waals surface area contributed by atoms with Crippen LogP contribution in [0.2, 0.25) is 0 Å². The number of fused-ring (bicyclic) bond motifs is 1. The molecular weight excluding hydrogens is 250 g/mol. The first kappa shape index (κ1) is 11.7. The second-order valence-electron chi connectivity index (χ2n) is 4.64. The van der Waals surface area contributed by atoms with Crippen molar-refractivity contribution in [2.24, 2.45) is 4.40 Å². The zero-order valence-electron chi connectivity index (χ0n) is 10.1. The zero-order chi connectivity index (χ0) is 12.8. The molecule has 0 amide bonds. The maximum absolute atomic E-state index is 12.0. The molecule has 1 saturated heterocycles. The Bertz CT molecular complexity index is 604. The molecule has 0 aliphatic carbocycles. The summed E-state index contributed by atoms with van der Waals surface area (Å²) in [6.45, 7) is 1.84. The second-order valence-corrected chi connectivity index (χ2v) is 6.22. The minimum Gasteiger partial charge on any atom is -0.354 e. The van der Waals surface area contributed by atoms with Crippen molar-refractivity contribution >= 4 is 15.9 Å². The Kier molecular flexibility index (Phi) is 2.64. The van der Waals surface area contributed by atoms with Gasteiger partial charge >= 0.3 is 0 Å². The summed E-state index contributed by atoms with van der Waals surface area (Å²) < 4.78 is 27.8. The van der Waals surface area contributed by atoms with E-state index in [4.69, 9.17) is 0 Å². The summed E-state index contributed by atoms with van der Waals surface area (Å²) >= 11 is 0. The number of sulfonamides is 1. The number of rotatable bonds is 1. The van der Waals surface area contributed by atoms with Gasteiger partial charge in [0.15, 0.2) is 5.84 Å². The summed E-state index contributed by atoms with van der Waals surface area (Å²) in [5.74, 6) is 0.569. The first-order valence-corrected chi connectivity index (χ1v) is 7.41. The fourth-order valence-corrected chi connectivity index (χ4v) is 3.73. The smallest absolute Gasteiger partial charge is 0.285 e. The Balaban J connectivity index is 2.03. The molecule has 0 spiro atoms. The molecule has 6 heteroatoms. The maximum Gasteiger partial charge on any atom is 0.285 e. The molecule has 1 N–H and O–H groups in total. The van der Waals surface area contributed by atoms with E-state index in [-0.39, 0.29) is 0 Å². The first-order chi connectivity index (χ1) is 8.59. The number of hydrogen-bond donors (Lipinski definition) is 1. The largest absolute Gasteiger partial charge is 0.354 e. The first-order valence-electron chi connectivity index (χ1n) is 5.97. The molecule has 1 atom stereocenters. The van der Waals surface area contributed by atoms with E-state index in [0.717, 1.165) is 19.5 Å². The Hall–Kier alpha value is -1.40. The summed E-state index contributed by atoms with van der Waals surface area (Å²) in [6, 6.07) is 7.31. The molecule has 1 unspecified atom stereocenters. The van der Waals surface area contributed by atoms with Gasteiger partial charge in [0, 0.05) is 25.2 Å². The van der Waals surface area contributed by atoms with Crippen LogP contribution >= 0.6 is 0 Å². The summed E-state index contributed by atoms with van der Waals surface area (Å²) in [5.41, 5.74) is 0.715. The third kappa shape index (κ3) is 1.72. The second kappa shape index (κ2) is 4.07. The number of hydrogen-bond acceptors (Lipinski definition) is 4. The third-order valence-corrected chi connectivity index (χ3v) is 4.85. The van der Waals surface area contributed by atoms with Crippen molar-refractivity contribution in [1.82, 2.24) is 10.2 Å². The van der Waals surface area contributed by atoms with Crippen LogP contribution in [-0.2, 0) is 10.0 Å². The van der Waals surface area contributed by atoms with Gasteiger partial charge in [-0.05, 0) is 25.1 Å². The lowest BCUT2D eigenvalue weighted by Crippen LogP contribution is -2.38. The average molecular weight is 265 g/mol. The van der Waals surface area contributed by atoms with Crippen molar-refractivity contribution in [3.8, 4) is 0 Å². The maximum atomic E-state index is 12.0. The molecule has 0 bridgehead atoms. The molecule has 1 aromatic rings. The zero-order valence-corrected chi connectivity index (χ0v) is 10.9. The molecule has 96 valence electrons. The Morgan fingerprint density at radius 1 is 1.39 bits per heavy atom. The normalized spacial score (nSPS) is 24.7. The highest BCUT2D eigenvalue weighted by atomic mass is 32.2. The van der Waals surface area contributed by atoms with Crippen molar-refractivity contribution in [1.29, 1.82) is 0 Å². The summed E-state index contributed by atoms with van der Waals surface area (Å²) in [5, 5.41) is 3.28.